The third kappa shape index (κ3) is 41.6. The van der Waals surface area contributed by atoms with Gasteiger partial charge in [-0.2, -0.15) is 0 Å². The summed E-state index contributed by atoms with van der Waals surface area (Å²) in [7, 11) is 0. The molecular formula is C63H119NO8. The van der Waals surface area contributed by atoms with Crippen LogP contribution in [0.5, 0.6) is 0 Å². The van der Waals surface area contributed by atoms with Crippen molar-refractivity contribution in [2.75, 3.05) is 13.2 Å². The minimum absolute atomic E-state index is 0.183. The van der Waals surface area contributed by atoms with Crippen molar-refractivity contribution in [3.8, 4) is 0 Å². The molecule has 1 heterocycles. The van der Waals surface area contributed by atoms with Gasteiger partial charge < -0.3 is 40.3 Å². The number of amides is 1. The number of aliphatic hydroxyl groups is 5. The Bertz CT molecular complexity index is 1230. The third-order valence-corrected chi connectivity index (χ3v) is 14.9. The minimum Gasteiger partial charge on any atom is -0.394 e. The van der Waals surface area contributed by atoms with E-state index >= 15 is 0 Å². The molecule has 1 aliphatic rings. The van der Waals surface area contributed by atoms with Crippen LogP contribution in [-0.2, 0) is 14.3 Å². The van der Waals surface area contributed by atoms with E-state index in [0.717, 1.165) is 38.5 Å². The Kier molecular flexibility index (Phi) is 50.2. The van der Waals surface area contributed by atoms with Crippen molar-refractivity contribution in [1.82, 2.24) is 5.32 Å². The molecule has 0 aliphatic carbocycles. The third-order valence-electron chi connectivity index (χ3n) is 14.9. The quantitative estimate of drug-likeness (QED) is 0.0261. The average molecular weight is 1020 g/mol. The maximum atomic E-state index is 13.1. The van der Waals surface area contributed by atoms with Crippen LogP contribution in [0.15, 0.2) is 36.5 Å². The molecule has 9 heteroatoms. The molecule has 72 heavy (non-hydrogen) atoms. The summed E-state index contributed by atoms with van der Waals surface area (Å²) in [5.41, 5.74) is 0. The van der Waals surface area contributed by atoms with E-state index in [1.807, 2.05) is 6.08 Å². The molecule has 424 valence electrons. The van der Waals surface area contributed by atoms with Gasteiger partial charge in [-0.1, -0.05) is 275 Å². The average Bonchev–Trinajstić information content (AvgIpc) is 3.38. The molecule has 0 aromatic carbocycles. The monoisotopic (exact) mass is 1020 g/mol. The normalized spacial score (nSPS) is 19.3. The highest BCUT2D eigenvalue weighted by molar-refractivity contribution is 5.76. The Morgan fingerprint density at radius 1 is 0.458 bits per heavy atom. The molecule has 0 aromatic heterocycles. The van der Waals surface area contributed by atoms with Crippen LogP contribution in [0.4, 0.5) is 0 Å². The Hall–Kier alpha value is -1.59. The van der Waals surface area contributed by atoms with Gasteiger partial charge in [0.2, 0.25) is 5.91 Å². The second-order valence-corrected chi connectivity index (χ2v) is 21.8. The number of rotatable bonds is 54. The fourth-order valence-corrected chi connectivity index (χ4v) is 9.99. The summed E-state index contributed by atoms with van der Waals surface area (Å²) in [6, 6.07) is -0.822. The molecule has 1 amide bonds. The topological polar surface area (TPSA) is 149 Å². The van der Waals surface area contributed by atoms with Gasteiger partial charge in [0.25, 0.3) is 0 Å². The van der Waals surface area contributed by atoms with E-state index in [9.17, 15) is 30.3 Å². The predicted octanol–water partition coefficient (Wildman–Crippen LogP) is 15.9. The van der Waals surface area contributed by atoms with Crippen molar-refractivity contribution in [3.05, 3.63) is 36.5 Å². The van der Waals surface area contributed by atoms with Gasteiger partial charge in [-0.15, -0.1) is 0 Å². The lowest BCUT2D eigenvalue weighted by Crippen LogP contribution is -2.60. The molecule has 0 spiro atoms. The van der Waals surface area contributed by atoms with Gasteiger partial charge >= 0.3 is 0 Å². The van der Waals surface area contributed by atoms with Crippen LogP contribution >= 0.6 is 0 Å². The molecule has 7 unspecified atom stereocenters. The van der Waals surface area contributed by atoms with Crippen LogP contribution in [0.3, 0.4) is 0 Å². The first-order valence-corrected chi connectivity index (χ1v) is 31.2. The summed E-state index contributed by atoms with van der Waals surface area (Å²) >= 11 is 0. The SMILES string of the molecule is CCCCCCCCCCCCCC/C=C\CCCCCCCCCCCCCCC(=O)NC(COC1OC(CO)C(O)C(O)C1O)C(O)/C=C/CC/C=C/CCCCCCCCCCCCCCCCC. The number of unbranched alkanes of at least 4 members (excludes halogenated alkanes) is 40. The van der Waals surface area contributed by atoms with E-state index in [2.05, 4.69) is 43.5 Å². The second kappa shape index (κ2) is 52.8. The van der Waals surface area contributed by atoms with E-state index in [1.54, 1.807) is 6.08 Å². The number of allylic oxidation sites excluding steroid dienone is 5. The van der Waals surface area contributed by atoms with Crippen LogP contribution in [0.25, 0.3) is 0 Å². The Morgan fingerprint density at radius 2 is 0.792 bits per heavy atom. The van der Waals surface area contributed by atoms with Crippen molar-refractivity contribution < 1.29 is 39.8 Å². The van der Waals surface area contributed by atoms with Crippen LogP contribution < -0.4 is 5.32 Å². The highest BCUT2D eigenvalue weighted by Crippen LogP contribution is 2.23. The fraction of sp³-hybridized carbons (Fsp3) is 0.889. The van der Waals surface area contributed by atoms with E-state index in [-0.39, 0.29) is 12.5 Å². The van der Waals surface area contributed by atoms with E-state index in [4.69, 9.17) is 9.47 Å². The molecule has 9 nitrogen and oxygen atoms in total. The first kappa shape index (κ1) is 68.4. The maximum absolute atomic E-state index is 13.1. The molecule has 1 rings (SSSR count). The number of carbonyl (C=O) groups excluding carboxylic acids is 1. The van der Waals surface area contributed by atoms with Crippen molar-refractivity contribution >= 4 is 5.91 Å². The number of hydrogen-bond donors (Lipinski definition) is 6. The van der Waals surface area contributed by atoms with Gasteiger partial charge in [0.05, 0.1) is 25.4 Å². The Balaban J connectivity index is 2.19. The second-order valence-electron chi connectivity index (χ2n) is 21.8. The molecule has 6 N–H and O–H groups in total. The van der Waals surface area contributed by atoms with Crippen molar-refractivity contribution in [3.63, 3.8) is 0 Å². The lowest BCUT2D eigenvalue weighted by molar-refractivity contribution is -0.302. The zero-order valence-electron chi connectivity index (χ0n) is 47.2. The summed E-state index contributed by atoms with van der Waals surface area (Å²) in [6.45, 7) is 3.80. The first-order chi connectivity index (χ1) is 35.3. The van der Waals surface area contributed by atoms with Gasteiger partial charge in [-0.25, -0.2) is 0 Å². The predicted molar refractivity (Wildman–Crippen MR) is 304 cm³/mol. The van der Waals surface area contributed by atoms with Crippen molar-refractivity contribution in [2.45, 2.75) is 346 Å². The van der Waals surface area contributed by atoms with Gasteiger partial charge in [0.1, 0.15) is 24.4 Å². The molecule has 0 bridgehead atoms. The molecule has 7 atom stereocenters. The number of aliphatic hydroxyl groups excluding tert-OH is 5. The zero-order valence-corrected chi connectivity index (χ0v) is 47.2. The summed E-state index contributed by atoms with van der Waals surface area (Å²) in [5, 5.41) is 54.6. The lowest BCUT2D eigenvalue weighted by atomic mass is 9.99. The van der Waals surface area contributed by atoms with Crippen molar-refractivity contribution in [1.29, 1.82) is 0 Å². The highest BCUT2D eigenvalue weighted by atomic mass is 16.7. The maximum Gasteiger partial charge on any atom is 0.220 e. The van der Waals surface area contributed by atoms with Gasteiger partial charge in [-0.05, 0) is 57.8 Å². The van der Waals surface area contributed by atoms with Gasteiger partial charge in [-0.3, -0.25) is 4.79 Å². The van der Waals surface area contributed by atoms with Gasteiger partial charge in [0, 0.05) is 6.42 Å². The highest BCUT2D eigenvalue weighted by Gasteiger charge is 2.44. The Labute approximate surface area is 444 Å². The fourth-order valence-electron chi connectivity index (χ4n) is 9.99. The van der Waals surface area contributed by atoms with Gasteiger partial charge in [0.15, 0.2) is 6.29 Å². The molecule has 0 aromatic rings. The molecule has 1 aliphatic heterocycles. The lowest BCUT2D eigenvalue weighted by Gasteiger charge is -2.40. The minimum atomic E-state index is -1.57. The van der Waals surface area contributed by atoms with E-state index < -0.39 is 49.5 Å². The van der Waals surface area contributed by atoms with Crippen LogP contribution in [0.2, 0.25) is 0 Å². The standard InChI is InChI=1S/C63H119NO8/c1-3-5-7-9-11-13-15-17-19-21-23-25-26-27-28-29-30-31-33-35-37-39-41-43-45-47-49-51-53-59(67)64-56(55-71-63-62(70)61(69)60(68)58(54-65)72-63)57(66)52-50-48-46-44-42-40-38-36-34-32-24-22-20-18-16-14-12-10-8-6-4-2/h27-28,42,44,50,52,56-58,60-63,65-66,68-70H,3-26,29-41,43,45-49,51,53-55H2,1-2H3,(H,64,67)/b28-27-,44-42+,52-50+. The summed E-state index contributed by atoms with van der Waals surface area (Å²) in [4.78, 5) is 13.1. The number of carbonyl (C=O) groups is 1. The van der Waals surface area contributed by atoms with Crippen molar-refractivity contribution in [2.24, 2.45) is 0 Å². The molecule has 0 radical (unpaired) electrons. The summed E-state index contributed by atoms with van der Waals surface area (Å²) in [6.07, 6.45) is 62.3. The van der Waals surface area contributed by atoms with Crippen LogP contribution in [0, 0.1) is 0 Å². The molecule has 1 fully saturated rings. The number of ether oxygens (including phenoxy) is 2. The molecule has 1 saturated heterocycles. The smallest absolute Gasteiger partial charge is 0.220 e. The largest absolute Gasteiger partial charge is 0.394 e. The van der Waals surface area contributed by atoms with Crippen LogP contribution in [-0.4, -0.2) is 87.5 Å². The first-order valence-electron chi connectivity index (χ1n) is 31.2. The number of nitrogens with one attached hydrogen (secondary N) is 1. The Morgan fingerprint density at radius 3 is 1.17 bits per heavy atom. The number of hydrogen-bond acceptors (Lipinski definition) is 8. The summed E-state index contributed by atoms with van der Waals surface area (Å²) < 4.78 is 11.3. The molecule has 0 saturated carbocycles. The summed E-state index contributed by atoms with van der Waals surface area (Å²) in [5.74, 6) is -0.183. The van der Waals surface area contributed by atoms with Crippen LogP contribution in [0.1, 0.15) is 303 Å². The molecular weight excluding hydrogens is 899 g/mol. The van der Waals surface area contributed by atoms with E-state index in [1.165, 1.54) is 244 Å². The van der Waals surface area contributed by atoms with E-state index in [0.29, 0.717) is 6.42 Å². The zero-order chi connectivity index (χ0) is 52.2.